The number of anilines is 1. The minimum Gasteiger partial charge on any atom is -0.497 e. The number of methoxy groups -OCH3 is 1. The highest BCUT2D eigenvalue weighted by Gasteiger charge is 2.10. The maximum Gasteiger partial charge on any atom is 0.193 e. The zero-order chi connectivity index (χ0) is 16.8. The van der Waals surface area contributed by atoms with Crippen LogP contribution in [0.2, 0.25) is 0 Å². The van der Waals surface area contributed by atoms with Gasteiger partial charge in [-0.15, -0.1) is 0 Å². The van der Waals surface area contributed by atoms with E-state index in [4.69, 9.17) is 10.5 Å². The number of ether oxygens (including phenoxy) is 1. The number of rotatable bonds is 6. The molecule has 3 N–H and O–H groups in total. The van der Waals surface area contributed by atoms with Crippen LogP contribution < -0.4 is 15.8 Å². The first kappa shape index (κ1) is 16.4. The number of nitrogens with zero attached hydrogens (tertiary/aromatic N) is 1. The summed E-state index contributed by atoms with van der Waals surface area (Å²) < 4.78 is 5.16. The maximum atomic E-state index is 5.99. The van der Waals surface area contributed by atoms with Crippen molar-refractivity contribution in [2.45, 2.75) is 32.1 Å². The van der Waals surface area contributed by atoms with E-state index in [-0.39, 0.29) is 0 Å². The largest absolute Gasteiger partial charge is 0.497 e. The summed E-state index contributed by atoms with van der Waals surface area (Å²) in [6.45, 7) is 0.718. The highest BCUT2D eigenvalue weighted by molar-refractivity contribution is 5.92. The van der Waals surface area contributed by atoms with Crippen LogP contribution in [-0.2, 0) is 19.3 Å². The number of hydrogen-bond donors (Lipinski definition) is 2. The number of aryl methyl sites for hydroxylation is 3. The second-order valence-corrected chi connectivity index (χ2v) is 6.18. The number of nitrogens with two attached hydrogens (primary N) is 1. The van der Waals surface area contributed by atoms with E-state index in [1.165, 1.54) is 36.0 Å². The lowest BCUT2D eigenvalue weighted by Crippen LogP contribution is -2.23. The highest BCUT2D eigenvalue weighted by Crippen LogP contribution is 2.24. The third-order valence-corrected chi connectivity index (χ3v) is 4.44. The number of hydrogen-bond acceptors (Lipinski definition) is 2. The summed E-state index contributed by atoms with van der Waals surface area (Å²) >= 11 is 0. The van der Waals surface area contributed by atoms with Crippen LogP contribution in [0.5, 0.6) is 5.75 Å². The van der Waals surface area contributed by atoms with Crippen LogP contribution in [0.1, 0.15) is 29.5 Å². The van der Waals surface area contributed by atoms with E-state index in [1.807, 2.05) is 12.1 Å². The van der Waals surface area contributed by atoms with Gasteiger partial charge >= 0.3 is 0 Å². The van der Waals surface area contributed by atoms with Crippen molar-refractivity contribution in [3.63, 3.8) is 0 Å². The second kappa shape index (κ2) is 7.86. The Labute approximate surface area is 143 Å². The van der Waals surface area contributed by atoms with E-state index < -0.39 is 0 Å². The molecule has 4 nitrogen and oxygen atoms in total. The Hall–Kier alpha value is -2.49. The third kappa shape index (κ3) is 4.28. The van der Waals surface area contributed by atoms with Gasteiger partial charge in [-0.25, -0.2) is 0 Å². The lowest BCUT2D eigenvalue weighted by molar-refractivity contribution is 0.414. The lowest BCUT2D eigenvalue weighted by Gasteiger charge is -2.08. The molecule has 0 fully saturated rings. The molecule has 0 amide bonds. The van der Waals surface area contributed by atoms with Crippen molar-refractivity contribution in [3.05, 3.63) is 59.2 Å². The first-order chi connectivity index (χ1) is 11.7. The number of aliphatic imine (C=N–C) groups is 1. The van der Waals surface area contributed by atoms with Crippen LogP contribution in [0.3, 0.4) is 0 Å². The zero-order valence-electron chi connectivity index (χ0n) is 14.2. The molecular weight excluding hydrogens is 298 g/mol. The minimum absolute atomic E-state index is 0.489. The quantitative estimate of drug-likeness (QED) is 0.485. The van der Waals surface area contributed by atoms with Crippen LogP contribution in [-0.4, -0.2) is 19.6 Å². The predicted octanol–water partition coefficient (Wildman–Crippen LogP) is 3.54. The zero-order valence-corrected chi connectivity index (χ0v) is 14.2. The molecule has 1 aliphatic carbocycles. The first-order valence-electron chi connectivity index (χ1n) is 8.56. The fourth-order valence-corrected chi connectivity index (χ4v) is 3.11. The van der Waals surface area contributed by atoms with E-state index in [0.29, 0.717) is 5.96 Å². The highest BCUT2D eigenvalue weighted by atomic mass is 16.5. The number of nitrogens with one attached hydrogen (secondary N) is 1. The summed E-state index contributed by atoms with van der Waals surface area (Å²) in [5.74, 6) is 1.38. The van der Waals surface area contributed by atoms with Gasteiger partial charge in [0.1, 0.15) is 5.75 Å². The van der Waals surface area contributed by atoms with Crippen molar-refractivity contribution in [1.29, 1.82) is 0 Å². The lowest BCUT2D eigenvalue weighted by atomic mass is 10.1. The van der Waals surface area contributed by atoms with Gasteiger partial charge in [0.15, 0.2) is 5.96 Å². The van der Waals surface area contributed by atoms with E-state index in [0.717, 1.165) is 30.8 Å². The molecule has 126 valence electrons. The molecule has 0 unspecified atom stereocenters. The van der Waals surface area contributed by atoms with Crippen molar-refractivity contribution >= 4 is 11.6 Å². The fraction of sp³-hybridized carbons (Fsp3) is 0.350. The van der Waals surface area contributed by atoms with Crippen LogP contribution in [0, 0.1) is 0 Å². The molecular formula is C20H25N3O. The van der Waals surface area contributed by atoms with E-state index in [1.54, 1.807) is 7.11 Å². The number of benzene rings is 2. The molecule has 0 spiro atoms. The second-order valence-electron chi connectivity index (χ2n) is 6.18. The molecule has 0 bridgehead atoms. The van der Waals surface area contributed by atoms with Crippen LogP contribution in [0.4, 0.5) is 5.69 Å². The standard InChI is InChI=1S/C20H25N3O/c1-24-19-11-7-15(8-12-19)4-3-13-22-20(21)23-18-10-9-16-5-2-6-17(16)14-18/h7-12,14H,2-6,13H2,1H3,(H3,21,22,23). The Balaban J connectivity index is 1.45. The van der Waals surface area contributed by atoms with Gasteiger partial charge in [0.25, 0.3) is 0 Å². The average molecular weight is 323 g/mol. The minimum atomic E-state index is 0.489. The van der Waals surface area contributed by atoms with E-state index >= 15 is 0 Å². The van der Waals surface area contributed by atoms with Crippen molar-refractivity contribution < 1.29 is 4.74 Å². The summed E-state index contributed by atoms with van der Waals surface area (Å²) in [5.41, 5.74) is 11.2. The van der Waals surface area contributed by atoms with Crippen molar-refractivity contribution in [1.82, 2.24) is 0 Å². The van der Waals surface area contributed by atoms with E-state index in [2.05, 4.69) is 40.6 Å². The van der Waals surface area contributed by atoms with E-state index in [9.17, 15) is 0 Å². The summed E-state index contributed by atoms with van der Waals surface area (Å²) in [5, 5.41) is 3.20. The summed E-state index contributed by atoms with van der Waals surface area (Å²) in [6, 6.07) is 14.6. The van der Waals surface area contributed by atoms with Crippen LogP contribution >= 0.6 is 0 Å². The average Bonchev–Trinajstić information content (AvgIpc) is 3.07. The molecule has 0 atom stereocenters. The molecule has 2 aromatic carbocycles. The molecule has 0 aliphatic heterocycles. The Bertz CT molecular complexity index is 707. The van der Waals surface area contributed by atoms with Crippen LogP contribution in [0.15, 0.2) is 47.5 Å². The van der Waals surface area contributed by atoms with Gasteiger partial charge in [0.2, 0.25) is 0 Å². The third-order valence-electron chi connectivity index (χ3n) is 4.44. The number of guanidine groups is 1. The molecule has 1 aliphatic rings. The van der Waals surface area contributed by atoms with Gasteiger partial charge in [0.05, 0.1) is 7.11 Å². The van der Waals surface area contributed by atoms with Crippen molar-refractivity contribution in [2.24, 2.45) is 10.7 Å². The monoisotopic (exact) mass is 323 g/mol. The Morgan fingerprint density at radius 2 is 1.92 bits per heavy atom. The normalized spacial score (nSPS) is 13.6. The molecule has 2 aromatic rings. The van der Waals surface area contributed by atoms with Gasteiger partial charge in [-0.1, -0.05) is 18.2 Å². The Morgan fingerprint density at radius 1 is 1.12 bits per heavy atom. The Kier molecular flexibility index (Phi) is 5.36. The van der Waals surface area contributed by atoms with Gasteiger partial charge in [-0.3, -0.25) is 4.99 Å². The van der Waals surface area contributed by atoms with Crippen molar-refractivity contribution in [2.75, 3.05) is 19.0 Å². The molecule has 24 heavy (non-hydrogen) atoms. The smallest absolute Gasteiger partial charge is 0.193 e. The summed E-state index contributed by atoms with van der Waals surface area (Å²) in [7, 11) is 1.68. The topological polar surface area (TPSA) is 59.6 Å². The summed E-state index contributed by atoms with van der Waals surface area (Å²) in [4.78, 5) is 4.42. The molecule has 3 rings (SSSR count). The van der Waals surface area contributed by atoms with Gasteiger partial charge < -0.3 is 15.8 Å². The summed E-state index contributed by atoms with van der Waals surface area (Å²) in [6.07, 6.45) is 5.58. The molecule has 0 aromatic heterocycles. The van der Waals surface area contributed by atoms with Crippen molar-refractivity contribution in [3.8, 4) is 5.75 Å². The number of fused-ring (bicyclic) bond motifs is 1. The Morgan fingerprint density at radius 3 is 2.71 bits per heavy atom. The van der Waals surface area contributed by atoms with Gasteiger partial charge in [-0.05, 0) is 73.1 Å². The first-order valence-corrected chi connectivity index (χ1v) is 8.56. The van der Waals surface area contributed by atoms with Crippen LogP contribution in [0.25, 0.3) is 0 Å². The molecule has 0 saturated carbocycles. The van der Waals surface area contributed by atoms with Gasteiger partial charge in [0, 0.05) is 12.2 Å². The van der Waals surface area contributed by atoms with Gasteiger partial charge in [-0.2, -0.15) is 0 Å². The maximum absolute atomic E-state index is 5.99. The molecule has 4 heteroatoms. The fourth-order valence-electron chi connectivity index (χ4n) is 3.11. The predicted molar refractivity (Wildman–Crippen MR) is 99.9 cm³/mol. The SMILES string of the molecule is COc1ccc(CCCN=C(N)Nc2ccc3c(c2)CCC3)cc1. The molecule has 0 heterocycles. The molecule has 0 radical (unpaired) electrons. The molecule has 0 saturated heterocycles.